The molecule has 36 heavy (non-hydrogen) atoms. The second-order valence-electron chi connectivity index (χ2n) is 11.1. The highest BCUT2D eigenvalue weighted by Crippen LogP contribution is 2.16. The number of aromatic nitrogens is 2. The zero-order chi connectivity index (χ0) is 25.5. The minimum absolute atomic E-state index is 1.10. The predicted molar refractivity (Wildman–Crippen MR) is 159 cm³/mol. The van der Waals surface area contributed by atoms with E-state index in [9.17, 15) is 0 Å². The van der Waals surface area contributed by atoms with Gasteiger partial charge in [0.25, 0.3) is 0 Å². The van der Waals surface area contributed by atoms with E-state index in [-0.39, 0.29) is 0 Å². The Morgan fingerprint density at radius 1 is 0.528 bits per heavy atom. The molecule has 204 valence electrons. The predicted octanol–water partition coefficient (Wildman–Crippen LogP) is 10.7. The molecule has 0 radical (unpaired) electrons. The first kappa shape index (κ1) is 30.7. The van der Waals surface area contributed by atoms with Crippen LogP contribution in [-0.4, -0.2) is 9.55 Å². The summed E-state index contributed by atoms with van der Waals surface area (Å²) in [5, 5.41) is 0. The molecule has 0 N–H and O–H groups in total. The van der Waals surface area contributed by atoms with Gasteiger partial charge in [-0.25, -0.2) is 4.98 Å². The van der Waals surface area contributed by atoms with E-state index in [1.54, 1.807) is 0 Å². The molecular formula is C34H58N2. The Balaban J connectivity index is 1.70. The van der Waals surface area contributed by atoms with Gasteiger partial charge in [0.2, 0.25) is 0 Å². The normalized spacial score (nSPS) is 11.4. The van der Waals surface area contributed by atoms with Crippen LogP contribution < -0.4 is 0 Å². The molecule has 0 fully saturated rings. The molecule has 2 heteroatoms. The van der Waals surface area contributed by atoms with Crippen LogP contribution in [0.1, 0.15) is 153 Å². The molecule has 0 aliphatic heterocycles. The van der Waals surface area contributed by atoms with Gasteiger partial charge in [-0.1, -0.05) is 147 Å². The van der Waals surface area contributed by atoms with E-state index in [0.29, 0.717) is 0 Å². The first-order chi connectivity index (χ1) is 17.8. The van der Waals surface area contributed by atoms with Crippen molar-refractivity contribution in [2.24, 2.45) is 0 Å². The third kappa shape index (κ3) is 14.9. The number of benzene rings is 1. The fraction of sp³-hybridized carbons (Fsp3) is 0.735. The molecule has 2 aromatic rings. The van der Waals surface area contributed by atoms with Crippen LogP contribution in [0.2, 0.25) is 0 Å². The lowest BCUT2D eigenvalue weighted by molar-refractivity contribution is 0.525. The Morgan fingerprint density at radius 3 is 1.64 bits per heavy atom. The van der Waals surface area contributed by atoms with Crippen molar-refractivity contribution in [3.63, 3.8) is 0 Å². The van der Waals surface area contributed by atoms with Crippen molar-refractivity contribution in [1.82, 2.24) is 9.55 Å². The van der Waals surface area contributed by atoms with Gasteiger partial charge in [0.1, 0.15) is 5.82 Å². The molecule has 1 aromatic carbocycles. The molecular weight excluding hydrogens is 436 g/mol. The van der Waals surface area contributed by atoms with Crippen molar-refractivity contribution in [2.45, 2.75) is 162 Å². The van der Waals surface area contributed by atoms with Gasteiger partial charge in [0.05, 0.1) is 5.69 Å². The van der Waals surface area contributed by atoms with Gasteiger partial charge < -0.3 is 4.57 Å². The number of hydrogen-bond donors (Lipinski definition) is 0. The van der Waals surface area contributed by atoms with Crippen LogP contribution in [-0.2, 0) is 25.8 Å². The quantitative estimate of drug-likeness (QED) is 0.133. The second kappa shape index (κ2) is 21.5. The van der Waals surface area contributed by atoms with Gasteiger partial charge >= 0.3 is 0 Å². The summed E-state index contributed by atoms with van der Waals surface area (Å²) in [6.45, 7) is 5.76. The average Bonchev–Trinajstić information content (AvgIpc) is 3.29. The molecule has 1 aromatic heterocycles. The van der Waals surface area contributed by atoms with Crippen LogP contribution in [0.15, 0.2) is 36.5 Å². The molecule has 2 rings (SSSR count). The molecule has 0 aliphatic rings. The Bertz CT molecular complexity index is 733. The Labute approximate surface area is 224 Å². The summed E-state index contributed by atoms with van der Waals surface area (Å²) >= 11 is 0. The number of nitrogens with zero attached hydrogens (tertiary/aromatic N) is 2. The van der Waals surface area contributed by atoms with Gasteiger partial charge in [-0.05, 0) is 37.7 Å². The number of rotatable bonds is 24. The molecule has 0 saturated carbocycles. The van der Waals surface area contributed by atoms with Crippen LogP contribution in [0.3, 0.4) is 0 Å². The molecule has 0 atom stereocenters. The first-order valence-corrected chi connectivity index (χ1v) is 15.9. The monoisotopic (exact) mass is 494 g/mol. The maximum atomic E-state index is 5.13. The Kier molecular flexibility index (Phi) is 18.3. The first-order valence-electron chi connectivity index (χ1n) is 15.9. The topological polar surface area (TPSA) is 17.8 Å². The molecule has 0 spiro atoms. The maximum Gasteiger partial charge on any atom is 0.108 e. The number of imidazole rings is 1. The summed E-state index contributed by atoms with van der Waals surface area (Å²) in [7, 11) is 0. The minimum atomic E-state index is 1.10. The van der Waals surface area contributed by atoms with Gasteiger partial charge in [0.15, 0.2) is 0 Å². The smallest absolute Gasteiger partial charge is 0.108 e. The highest BCUT2D eigenvalue weighted by atomic mass is 15.1. The summed E-state index contributed by atoms with van der Waals surface area (Å²) in [6.07, 6.45) is 32.1. The molecule has 1 heterocycles. The van der Waals surface area contributed by atoms with E-state index in [1.165, 1.54) is 139 Å². The second-order valence-corrected chi connectivity index (χ2v) is 11.1. The Hall–Kier alpha value is -1.57. The third-order valence-corrected chi connectivity index (χ3v) is 7.66. The van der Waals surface area contributed by atoms with Crippen molar-refractivity contribution in [2.75, 3.05) is 0 Å². The summed E-state index contributed by atoms with van der Waals surface area (Å²) in [6, 6.07) is 10.9. The molecule has 0 saturated heterocycles. The van der Waals surface area contributed by atoms with Crippen LogP contribution in [0, 0.1) is 0 Å². The summed E-state index contributed by atoms with van der Waals surface area (Å²) in [5.74, 6) is 1.35. The van der Waals surface area contributed by atoms with Crippen LogP contribution in [0.4, 0.5) is 0 Å². The summed E-state index contributed by atoms with van der Waals surface area (Å²) < 4.78 is 2.52. The number of hydrogen-bond acceptors (Lipinski definition) is 1. The number of aryl methyl sites for hydroxylation is 4. The summed E-state index contributed by atoms with van der Waals surface area (Å²) in [5.41, 5.74) is 2.76. The van der Waals surface area contributed by atoms with Crippen molar-refractivity contribution in [3.8, 4) is 0 Å². The lowest BCUT2D eigenvalue weighted by Gasteiger charge is -2.08. The molecule has 0 unspecified atom stereocenters. The molecule has 2 nitrogen and oxygen atoms in total. The van der Waals surface area contributed by atoms with Gasteiger partial charge in [-0.15, -0.1) is 0 Å². The lowest BCUT2D eigenvalue weighted by Crippen LogP contribution is -2.03. The summed E-state index contributed by atoms with van der Waals surface area (Å²) in [4.78, 5) is 5.13. The van der Waals surface area contributed by atoms with Crippen LogP contribution in [0.5, 0.6) is 0 Å². The van der Waals surface area contributed by atoms with Crippen LogP contribution in [0.25, 0.3) is 0 Å². The van der Waals surface area contributed by atoms with E-state index in [4.69, 9.17) is 4.98 Å². The Morgan fingerprint density at radius 2 is 1.06 bits per heavy atom. The largest absolute Gasteiger partial charge is 0.335 e. The van der Waals surface area contributed by atoms with Gasteiger partial charge in [0, 0.05) is 19.2 Å². The third-order valence-electron chi connectivity index (χ3n) is 7.66. The number of unbranched alkanes of at least 4 members (excludes halogenated alkanes) is 16. The van der Waals surface area contributed by atoms with E-state index < -0.39 is 0 Å². The van der Waals surface area contributed by atoms with E-state index in [1.807, 2.05) is 0 Å². The van der Waals surface area contributed by atoms with E-state index >= 15 is 0 Å². The molecule has 0 amide bonds. The van der Waals surface area contributed by atoms with E-state index in [0.717, 1.165) is 25.8 Å². The average molecular weight is 495 g/mol. The van der Waals surface area contributed by atoms with Crippen molar-refractivity contribution < 1.29 is 0 Å². The van der Waals surface area contributed by atoms with Crippen LogP contribution >= 0.6 is 0 Å². The van der Waals surface area contributed by atoms with Crippen molar-refractivity contribution in [3.05, 3.63) is 53.6 Å². The minimum Gasteiger partial charge on any atom is -0.335 e. The van der Waals surface area contributed by atoms with Gasteiger partial charge in [-0.2, -0.15) is 0 Å². The highest BCUT2D eigenvalue weighted by molar-refractivity contribution is 5.15. The maximum absolute atomic E-state index is 5.13. The van der Waals surface area contributed by atoms with E-state index in [2.05, 4.69) is 54.9 Å². The molecule has 0 aliphatic carbocycles. The zero-order valence-electron chi connectivity index (χ0n) is 24.1. The fourth-order valence-electron chi connectivity index (χ4n) is 5.33. The molecule has 0 bridgehead atoms. The van der Waals surface area contributed by atoms with Crippen molar-refractivity contribution in [1.29, 1.82) is 0 Å². The standard InChI is InChI=1S/C34H58N2/c1-3-5-7-9-11-13-14-15-17-22-29-34-35-33(28-24-27-32-25-20-19-21-26-32)31-36(34)30-23-18-16-12-10-8-6-4-2/h19-21,25-26,31H,3-18,22-24,27-30H2,1-2H3. The SMILES string of the molecule is CCCCCCCCCCCCc1nc(CCCc2ccccc2)cn1CCCCCCCCCC. The van der Waals surface area contributed by atoms with Gasteiger partial charge in [-0.3, -0.25) is 0 Å². The highest BCUT2D eigenvalue weighted by Gasteiger charge is 2.08. The zero-order valence-corrected chi connectivity index (χ0v) is 24.1. The van der Waals surface area contributed by atoms with Crippen molar-refractivity contribution >= 4 is 0 Å². The lowest BCUT2D eigenvalue weighted by atomic mass is 10.1. The fourth-order valence-corrected chi connectivity index (χ4v) is 5.33.